The first-order chi connectivity index (χ1) is 14.6. The van der Waals surface area contributed by atoms with E-state index in [0.29, 0.717) is 11.1 Å². The second-order valence-corrected chi connectivity index (χ2v) is 8.60. The Kier molecular flexibility index (Phi) is 5.97. The molecule has 30 heavy (non-hydrogen) atoms. The fourth-order valence-electron chi connectivity index (χ4n) is 2.69. The Hall–Kier alpha value is -3.36. The summed E-state index contributed by atoms with van der Waals surface area (Å²) in [6, 6.07) is 19.9. The maximum absolute atomic E-state index is 12.2. The van der Waals surface area contributed by atoms with Crippen molar-refractivity contribution in [2.45, 2.75) is 10.1 Å². The number of aromatic hydroxyl groups is 2. The molecule has 4 aromatic rings. The topological polar surface area (TPSA) is 94.8 Å². The van der Waals surface area contributed by atoms with Crippen molar-refractivity contribution in [2.75, 3.05) is 0 Å². The summed E-state index contributed by atoms with van der Waals surface area (Å²) >= 11 is 3.34. The molecule has 0 aliphatic carbocycles. The van der Waals surface area contributed by atoms with Crippen molar-refractivity contribution >= 4 is 45.4 Å². The van der Waals surface area contributed by atoms with Gasteiger partial charge < -0.3 is 10.2 Å². The van der Waals surface area contributed by atoms with Crippen LogP contribution in [0.25, 0.3) is 10.2 Å². The van der Waals surface area contributed by atoms with E-state index >= 15 is 0 Å². The third-order valence-electron chi connectivity index (χ3n) is 4.27. The highest BCUT2D eigenvalue weighted by molar-refractivity contribution is 8.00. The van der Waals surface area contributed by atoms with Crippen LogP contribution < -0.4 is 5.43 Å². The molecule has 0 unspecified atom stereocenters. The second kappa shape index (κ2) is 8.98. The van der Waals surface area contributed by atoms with Crippen LogP contribution in [0.3, 0.4) is 0 Å². The average Bonchev–Trinajstić information content (AvgIpc) is 3.18. The van der Waals surface area contributed by atoms with E-state index in [0.717, 1.165) is 21.2 Å². The van der Waals surface area contributed by atoms with E-state index in [1.54, 1.807) is 47.4 Å². The third kappa shape index (κ3) is 4.61. The number of nitrogens with one attached hydrogen (secondary N) is 1. The van der Waals surface area contributed by atoms with Crippen molar-refractivity contribution in [1.82, 2.24) is 10.4 Å². The first-order valence-electron chi connectivity index (χ1n) is 9.02. The highest BCUT2D eigenvalue weighted by Gasteiger charge is 2.07. The molecule has 0 atom stereocenters. The van der Waals surface area contributed by atoms with Crippen LogP contribution in [0.5, 0.6) is 11.5 Å². The predicted octanol–water partition coefficient (Wildman–Crippen LogP) is 4.76. The Balaban J connectivity index is 1.33. The zero-order valence-electron chi connectivity index (χ0n) is 15.6. The van der Waals surface area contributed by atoms with Gasteiger partial charge in [-0.1, -0.05) is 42.1 Å². The van der Waals surface area contributed by atoms with Gasteiger partial charge in [-0.3, -0.25) is 4.79 Å². The van der Waals surface area contributed by atoms with Crippen LogP contribution in [0.2, 0.25) is 0 Å². The molecular formula is C22H17N3O3S2. The SMILES string of the molecule is O=C(NN=Cc1cccc(O)c1O)c1ccc(CSc2nc3ccccc3s2)cc1. The molecule has 0 aliphatic rings. The summed E-state index contributed by atoms with van der Waals surface area (Å²) in [7, 11) is 0. The number of phenols is 2. The molecule has 150 valence electrons. The van der Waals surface area contributed by atoms with Gasteiger partial charge in [-0.2, -0.15) is 5.10 Å². The second-order valence-electron chi connectivity index (χ2n) is 6.35. The Labute approximate surface area is 180 Å². The molecule has 0 saturated carbocycles. The molecule has 0 fully saturated rings. The van der Waals surface area contributed by atoms with Crippen LogP contribution in [0.1, 0.15) is 21.5 Å². The summed E-state index contributed by atoms with van der Waals surface area (Å²) in [4.78, 5) is 16.8. The highest BCUT2D eigenvalue weighted by atomic mass is 32.2. The van der Waals surface area contributed by atoms with E-state index in [1.165, 1.54) is 17.0 Å². The molecule has 3 aromatic carbocycles. The number of rotatable bonds is 6. The molecular weight excluding hydrogens is 418 g/mol. The summed E-state index contributed by atoms with van der Waals surface area (Å²) in [5, 5.41) is 23.0. The van der Waals surface area contributed by atoms with Crippen molar-refractivity contribution in [2.24, 2.45) is 5.10 Å². The summed E-state index contributed by atoms with van der Waals surface area (Å²) in [5.41, 5.74) is 5.28. The number of nitrogens with zero attached hydrogens (tertiary/aromatic N) is 2. The maximum atomic E-state index is 12.2. The first-order valence-corrected chi connectivity index (χ1v) is 10.8. The Morgan fingerprint density at radius 3 is 2.67 bits per heavy atom. The maximum Gasteiger partial charge on any atom is 0.271 e. The molecule has 0 saturated heterocycles. The van der Waals surface area contributed by atoms with Gasteiger partial charge in [-0.25, -0.2) is 10.4 Å². The number of benzene rings is 3. The zero-order chi connectivity index (χ0) is 20.9. The van der Waals surface area contributed by atoms with Crippen molar-refractivity contribution in [1.29, 1.82) is 0 Å². The number of carbonyl (C=O) groups excluding carboxylic acids is 1. The minimum absolute atomic E-state index is 0.246. The number of thiazole rings is 1. The lowest BCUT2D eigenvalue weighted by Gasteiger charge is -2.03. The number of phenolic OH excluding ortho intramolecular Hbond substituents is 2. The van der Waals surface area contributed by atoms with Crippen molar-refractivity contribution in [3.05, 3.63) is 83.4 Å². The summed E-state index contributed by atoms with van der Waals surface area (Å²) < 4.78 is 2.19. The summed E-state index contributed by atoms with van der Waals surface area (Å²) in [6.07, 6.45) is 1.27. The number of hydrogen-bond donors (Lipinski definition) is 3. The molecule has 1 amide bonds. The van der Waals surface area contributed by atoms with Crippen LogP contribution in [0.15, 0.2) is 76.2 Å². The number of fused-ring (bicyclic) bond motifs is 1. The minimum Gasteiger partial charge on any atom is -0.504 e. The molecule has 0 radical (unpaired) electrons. The van der Waals surface area contributed by atoms with Crippen molar-refractivity contribution < 1.29 is 15.0 Å². The summed E-state index contributed by atoms with van der Waals surface area (Å²) in [6.45, 7) is 0. The fraction of sp³-hybridized carbons (Fsp3) is 0.0455. The van der Waals surface area contributed by atoms with Crippen LogP contribution in [-0.4, -0.2) is 27.3 Å². The molecule has 8 heteroatoms. The van der Waals surface area contributed by atoms with Crippen LogP contribution in [0.4, 0.5) is 0 Å². The smallest absolute Gasteiger partial charge is 0.271 e. The molecule has 0 spiro atoms. The normalized spacial score (nSPS) is 11.2. The van der Waals surface area contributed by atoms with Crippen molar-refractivity contribution in [3.8, 4) is 11.5 Å². The van der Waals surface area contributed by atoms with Gasteiger partial charge in [0.2, 0.25) is 0 Å². The zero-order valence-corrected chi connectivity index (χ0v) is 17.3. The predicted molar refractivity (Wildman–Crippen MR) is 120 cm³/mol. The fourth-order valence-corrected chi connectivity index (χ4v) is 4.71. The lowest BCUT2D eigenvalue weighted by Crippen LogP contribution is -2.17. The molecule has 6 nitrogen and oxygen atoms in total. The van der Waals surface area contributed by atoms with E-state index in [2.05, 4.69) is 21.6 Å². The molecule has 4 rings (SSSR count). The van der Waals surface area contributed by atoms with E-state index in [4.69, 9.17) is 0 Å². The van der Waals surface area contributed by atoms with Gasteiger partial charge in [0.25, 0.3) is 5.91 Å². The minimum atomic E-state index is -0.365. The Morgan fingerprint density at radius 2 is 1.87 bits per heavy atom. The van der Waals surface area contributed by atoms with Gasteiger partial charge in [0.05, 0.1) is 16.4 Å². The monoisotopic (exact) mass is 435 g/mol. The summed E-state index contributed by atoms with van der Waals surface area (Å²) in [5.74, 6) is -0.136. The van der Waals surface area contributed by atoms with Gasteiger partial charge in [-0.15, -0.1) is 11.3 Å². The molecule has 0 aliphatic heterocycles. The average molecular weight is 436 g/mol. The van der Waals surface area contributed by atoms with E-state index in [9.17, 15) is 15.0 Å². The number of carbonyl (C=O) groups is 1. The highest BCUT2D eigenvalue weighted by Crippen LogP contribution is 2.31. The number of aromatic nitrogens is 1. The molecule has 3 N–H and O–H groups in total. The Bertz CT molecular complexity index is 1190. The van der Waals surface area contributed by atoms with Crippen LogP contribution in [0, 0.1) is 0 Å². The molecule has 1 aromatic heterocycles. The van der Waals surface area contributed by atoms with E-state index < -0.39 is 0 Å². The van der Waals surface area contributed by atoms with Crippen LogP contribution >= 0.6 is 23.1 Å². The number of amides is 1. The number of para-hydroxylation sites is 2. The van der Waals surface area contributed by atoms with E-state index in [-0.39, 0.29) is 17.4 Å². The van der Waals surface area contributed by atoms with Gasteiger partial charge in [0.15, 0.2) is 15.8 Å². The van der Waals surface area contributed by atoms with Gasteiger partial charge in [0, 0.05) is 16.9 Å². The number of hydrogen-bond acceptors (Lipinski definition) is 7. The van der Waals surface area contributed by atoms with E-state index in [1.807, 2.05) is 30.3 Å². The lowest BCUT2D eigenvalue weighted by molar-refractivity contribution is 0.0955. The third-order valence-corrected chi connectivity index (χ3v) is 6.52. The Morgan fingerprint density at radius 1 is 1.07 bits per heavy atom. The van der Waals surface area contributed by atoms with Gasteiger partial charge in [0.1, 0.15) is 0 Å². The lowest BCUT2D eigenvalue weighted by atomic mass is 10.1. The molecule has 0 bridgehead atoms. The standard InChI is InChI=1S/C22H17N3O3S2/c26-18-6-3-4-16(20(18)27)12-23-25-21(28)15-10-8-14(9-11-15)13-29-22-24-17-5-1-2-7-19(17)30-22/h1-12,26-27H,13H2,(H,25,28). The quantitative estimate of drug-likeness (QED) is 0.176. The van der Waals surface area contributed by atoms with Gasteiger partial charge in [-0.05, 0) is 42.0 Å². The number of hydrazone groups is 1. The first kappa shape index (κ1) is 19.9. The van der Waals surface area contributed by atoms with Crippen LogP contribution in [-0.2, 0) is 5.75 Å². The largest absolute Gasteiger partial charge is 0.504 e. The number of thioether (sulfide) groups is 1. The van der Waals surface area contributed by atoms with Gasteiger partial charge >= 0.3 is 0 Å². The van der Waals surface area contributed by atoms with Crippen molar-refractivity contribution in [3.63, 3.8) is 0 Å². The molecule has 1 heterocycles.